The summed E-state index contributed by atoms with van der Waals surface area (Å²) in [6.45, 7) is 4.74. The van der Waals surface area contributed by atoms with E-state index in [0.29, 0.717) is 0 Å². The maximum atomic E-state index is 3.27. The molecule has 0 atom stereocenters. The quantitative estimate of drug-likeness (QED) is 0.395. The Labute approximate surface area is 61.4 Å². The highest BCUT2D eigenvalue weighted by Crippen LogP contribution is 1.82. The molecular weight excluding hydrogens is 115 g/mol. The molecule has 2 nitrogen and oxygen atoms in total. The number of piperazine rings is 1. The highest BCUT2D eigenvalue weighted by Gasteiger charge is 2.01. The number of hydrogen-bond acceptors (Lipinski definition) is 2. The van der Waals surface area contributed by atoms with Crippen LogP contribution in [-0.4, -0.2) is 55.5 Å². The average molecular weight is 130 g/mol. The lowest BCUT2D eigenvalue weighted by Gasteiger charge is -2.21. The molecular formula is C5H15AlN2. The first kappa shape index (κ1) is 8.45. The second-order valence-electron chi connectivity index (χ2n) is 2.05. The molecule has 0 bridgehead atoms. The minimum atomic E-state index is 0. The van der Waals surface area contributed by atoms with E-state index in [0.717, 1.165) is 13.1 Å². The molecule has 1 rings (SSSR count). The zero-order chi connectivity index (χ0) is 5.11. The molecule has 1 aliphatic rings. The van der Waals surface area contributed by atoms with Gasteiger partial charge in [-0.05, 0) is 7.05 Å². The lowest BCUT2D eigenvalue weighted by molar-refractivity contribution is 0.291. The first-order valence-electron chi connectivity index (χ1n) is 2.79. The van der Waals surface area contributed by atoms with E-state index in [1.54, 1.807) is 0 Å². The normalized spacial score (nSPS) is 22.1. The van der Waals surface area contributed by atoms with Gasteiger partial charge < -0.3 is 10.2 Å². The molecule has 0 amide bonds. The average Bonchev–Trinajstić information content (AvgIpc) is 1.69. The first-order valence-corrected chi connectivity index (χ1v) is 2.79. The van der Waals surface area contributed by atoms with Crippen LogP contribution in [0.15, 0.2) is 0 Å². The van der Waals surface area contributed by atoms with Crippen molar-refractivity contribution < 1.29 is 0 Å². The molecule has 1 saturated heterocycles. The van der Waals surface area contributed by atoms with Crippen LogP contribution in [0.5, 0.6) is 0 Å². The molecule has 3 heteroatoms. The summed E-state index contributed by atoms with van der Waals surface area (Å²) >= 11 is 0. The SMILES string of the molecule is CN1CCNCC1.[AlH3]. The summed E-state index contributed by atoms with van der Waals surface area (Å²) in [6, 6.07) is 0. The highest BCUT2D eigenvalue weighted by atomic mass is 27.0. The van der Waals surface area contributed by atoms with Crippen molar-refractivity contribution in [1.29, 1.82) is 0 Å². The minimum absolute atomic E-state index is 0. The zero-order valence-corrected chi connectivity index (χ0v) is 4.78. The van der Waals surface area contributed by atoms with Crippen LogP contribution in [0.4, 0.5) is 0 Å². The fourth-order valence-electron chi connectivity index (χ4n) is 0.777. The Morgan fingerprint density at radius 3 is 2.00 bits per heavy atom. The van der Waals surface area contributed by atoms with Crippen LogP contribution in [0.3, 0.4) is 0 Å². The molecule has 0 saturated carbocycles. The van der Waals surface area contributed by atoms with Gasteiger partial charge in [0, 0.05) is 26.2 Å². The summed E-state index contributed by atoms with van der Waals surface area (Å²) < 4.78 is 0. The van der Waals surface area contributed by atoms with E-state index in [-0.39, 0.29) is 17.4 Å². The molecule has 1 aliphatic heterocycles. The number of hydrogen-bond donors (Lipinski definition) is 1. The number of nitrogens with one attached hydrogen (secondary N) is 1. The van der Waals surface area contributed by atoms with Crippen molar-refractivity contribution in [2.75, 3.05) is 33.2 Å². The third-order valence-electron chi connectivity index (χ3n) is 1.34. The van der Waals surface area contributed by atoms with Crippen LogP contribution in [0, 0.1) is 0 Å². The Morgan fingerprint density at radius 2 is 1.75 bits per heavy atom. The molecule has 0 spiro atoms. The summed E-state index contributed by atoms with van der Waals surface area (Å²) in [5.41, 5.74) is 0. The van der Waals surface area contributed by atoms with Gasteiger partial charge in [-0.2, -0.15) is 0 Å². The predicted molar refractivity (Wildman–Crippen MR) is 40.3 cm³/mol. The van der Waals surface area contributed by atoms with Gasteiger partial charge in [0.15, 0.2) is 17.4 Å². The summed E-state index contributed by atoms with van der Waals surface area (Å²) in [5, 5.41) is 3.27. The fourth-order valence-corrected chi connectivity index (χ4v) is 0.777. The van der Waals surface area contributed by atoms with Gasteiger partial charge >= 0.3 is 0 Å². The van der Waals surface area contributed by atoms with E-state index in [1.165, 1.54) is 13.1 Å². The standard InChI is InChI=1S/C5H12N2.Al.3H/c1-7-4-2-6-3-5-7;;;;/h6H,2-5H2,1H3;;;;. The minimum Gasteiger partial charge on any atom is -0.314 e. The maximum absolute atomic E-state index is 3.27. The van der Waals surface area contributed by atoms with Gasteiger partial charge in [-0.25, -0.2) is 0 Å². The molecule has 8 heavy (non-hydrogen) atoms. The van der Waals surface area contributed by atoms with Gasteiger partial charge in [0.05, 0.1) is 0 Å². The lowest BCUT2D eigenvalue weighted by atomic mass is 10.4. The van der Waals surface area contributed by atoms with Gasteiger partial charge in [-0.3, -0.25) is 0 Å². The van der Waals surface area contributed by atoms with E-state index >= 15 is 0 Å². The number of nitrogens with zero attached hydrogens (tertiary/aromatic N) is 1. The second kappa shape index (κ2) is 4.34. The molecule has 0 aliphatic carbocycles. The molecule has 0 aromatic carbocycles. The van der Waals surface area contributed by atoms with E-state index < -0.39 is 0 Å². The van der Waals surface area contributed by atoms with Crippen LogP contribution in [0.1, 0.15) is 0 Å². The Kier molecular flexibility index (Phi) is 4.59. The van der Waals surface area contributed by atoms with Crippen molar-refractivity contribution in [2.45, 2.75) is 0 Å². The van der Waals surface area contributed by atoms with E-state index in [1.807, 2.05) is 0 Å². The predicted octanol–water partition coefficient (Wildman–Crippen LogP) is -1.66. The van der Waals surface area contributed by atoms with Crippen molar-refractivity contribution in [1.82, 2.24) is 10.2 Å². The summed E-state index contributed by atoms with van der Waals surface area (Å²) in [6.07, 6.45) is 0. The van der Waals surface area contributed by atoms with Crippen molar-refractivity contribution in [3.63, 3.8) is 0 Å². The number of rotatable bonds is 0. The molecule has 1 N–H and O–H groups in total. The molecule has 1 heterocycles. The Balaban J connectivity index is 0.000000490. The Morgan fingerprint density at radius 1 is 1.25 bits per heavy atom. The van der Waals surface area contributed by atoms with Crippen molar-refractivity contribution in [2.24, 2.45) is 0 Å². The molecule has 0 aromatic rings. The van der Waals surface area contributed by atoms with Gasteiger partial charge in [-0.1, -0.05) is 0 Å². The first-order chi connectivity index (χ1) is 3.39. The lowest BCUT2D eigenvalue weighted by Crippen LogP contribution is -2.40. The molecule has 0 aromatic heterocycles. The van der Waals surface area contributed by atoms with Gasteiger partial charge in [0.2, 0.25) is 0 Å². The third kappa shape index (κ3) is 2.69. The van der Waals surface area contributed by atoms with Crippen LogP contribution in [0.25, 0.3) is 0 Å². The van der Waals surface area contributed by atoms with Crippen molar-refractivity contribution in [3.8, 4) is 0 Å². The van der Waals surface area contributed by atoms with Gasteiger partial charge in [-0.15, -0.1) is 0 Å². The van der Waals surface area contributed by atoms with E-state index in [9.17, 15) is 0 Å². The largest absolute Gasteiger partial charge is 0.314 e. The van der Waals surface area contributed by atoms with Gasteiger partial charge in [0.1, 0.15) is 0 Å². The monoisotopic (exact) mass is 130 g/mol. The summed E-state index contributed by atoms with van der Waals surface area (Å²) in [7, 11) is 2.15. The van der Waals surface area contributed by atoms with Crippen molar-refractivity contribution in [3.05, 3.63) is 0 Å². The molecule has 48 valence electrons. The summed E-state index contributed by atoms with van der Waals surface area (Å²) in [5.74, 6) is 0. The third-order valence-corrected chi connectivity index (χ3v) is 1.34. The van der Waals surface area contributed by atoms with Crippen LogP contribution in [0.2, 0.25) is 0 Å². The maximum Gasteiger partial charge on any atom is 0.187 e. The van der Waals surface area contributed by atoms with Gasteiger partial charge in [0.25, 0.3) is 0 Å². The fraction of sp³-hybridized carbons (Fsp3) is 1.00. The van der Waals surface area contributed by atoms with E-state index in [4.69, 9.17) is 0 Å². The summed E-state index contributed by atoms with van der Waals surface area (Å²) in [4.78, 5) is 2.33. The smallest absolute Gasteiger partial charge is 0.187 e. The van der Waals surface area contributed by atoms with Crippen LogP contribution in [-0.2, 0) is 0 Å². The van der Waals surface area contributed by atoms with Crippen LogP contribution >= 0.6 is 0 Å². The van der Waals surface area contributed by atoms with Crippen LogP contribution < -0.4 is 5.32 Å². The second-order valence-corrected chi connectivity index (χ2v) is 2.05. The Bertz CT molecular complexity index is 52.4. The molecule has 1 fully saturated rings. The van der Waals surface area contributed by atoms with E-state index in [2.05, 4.69) is 17.3 Å². The number of likely N-dealkylation sites (N-methyl/N-ethyl adjacent to an activating group) is 1. The highest BCUT2D eigenvalue weighted by molar-refractivity contribution is 5.75. The topological polar surface area (TPSA) is 15.3 Å². The Hall–Kier alpha value is 0.452. The zero-order valence-electron chi connectivity index (χ0n) is 4.78. The molecule has 0 unspecified atom stereocenters. The van der Waals surface area contributed by atoms with Crippen molar-refractivity contribution >= 4 is 17.4 Å². The molecule has 0 radical (unpaired) electrons.